The molecule has 0 unspecified atom stereocenters. The number of fused-ring (bicyclic) bond motifs is 1. The molecule has 0 radical (unpaired) electrons. The van der Waals surface area contributed by atoms with Crippen molar-refractivity contribution in [2.24, 2.45) is 0 Å². The van der Waals surface area contributed by atoms with Gasteiger partial charge in [-0.3, -0.25) is 5.32 Å². The Bertz CT molecular complexity index is 871. The molecule has 1 heterocycles. The van der Waals surface area contributed by atoms with Gasteiger partial charge in [0.1, 0.15) is 11.4 Å². The molecule has 0 atom stereocenters. The molecule has 2 rings (SSSR count). The Hall–Kier alpha value is -1.41. The molecule has 0 spiro atoms. The van der Waals surface area contributed by atoms with Crippen molar-refractivity contribution in [3.63, 3.8) is 0 Å². The van der Waals surface area contributed by atoms with E-state index in [9.17, 15) is 4.79 Å². The Morgan fingerprint density at radius 3 is 2.31 bits per heavy atom. The summed E-state index contributed by atoms with van der Waals surface area (Å²) >= 11 is 3.22. The summed E-state index contributed by atoms with van der Waals surface area (Å²) < 4.78 is 46.0. The highest BCUT2D eigenvalue weighted by molar-refractivity contribution is 9.10. The SMILES string of the molecule is CCOP(OCC)C(F)(F)c1cc2cc(NC(=O)OC(C)(C)C)ncc2cc1Br. The van der Waals surface area contributed by atoms with Crippen molar-refractivity contribution < 1.29 is 27.4 Å². The van der Waals surface area contributed by atoms with E-state index in [1.165, 1.54) is 18.3 Å². The Labute approximate surface area is 178 Å². The van der Waals surface area contributed by atoms with E-state index < -0.39 is 25.7 Å². The number of pyridine rings is 1. The molecular formula is C19H24BrF2N2O4P. The van der Waals surface area contributed by atoms with Gasteiger partial charge in [0.15, 0.2) is 0 Å². The van der Waals surface area contributed by atoms with Crippen LogP contribution < -0.4 is 5.32 Å². The maximum Gasteiger partial charge on any atom is 0.413 e. The molecular weight excluding hydrogens is 469 g/mol. The van der Waals surface area contributed by atoms with Gasteiger partial charge < -0.3 is 13.8 Å². The first-order valence-electron chi connectivity index (χ1n) is 9.01. The Morgan fingerprint density at radius 1 is 1.14 bits per heavy atom. The molecule has 0 fully saturated rings. The average Bonchev–Trinajstić information content (AvgIpc) is 2.59. The lowest BCUT2D eigenvalue weighted by Crippen LogP contribution is -2.27. The predicted octanol–water partition coefficient (Wildman–Crippen LogP) is 6.78. The number of benzene rings is 1. The molecule has 0 saturated heterocycles. The zero-order valence-electron chi connectivity index (χ0n) is 16.9. The normalized spacial score (nSPS) is 12.4. The third-order valence-electron chi connectivity index (χ3n) is 3.48. The van der Waals surface area contributed by atoms with Gasteiger partial charge in [0.2, 0.25) is 0 Å². The Balaban J connectivity index is 2.40. The first-order valence-corrected chi connectivity index (χ1v) is 11.0. The van der Waals surface area contributed by atoms with Gasteiger partial charge in [-0.1, -0.05) is 15.9 Å². The molecule has 29 heavy (non-hydrogen) atoms. The van der Waals surface area contributed by atoms with Crippen LogP contribution in [0.2, 0.25) is 0 Å². The molecule has 6 nitrogen and oxygen atoms in total. The van der Waals surface area contributed by atoms with E-state index in [1.54, 1.807) is 40.7 Å². The van der Waals surface area contributed by atoms with Crippen LogP contribution in [0.15, 0.2) is 28.9 Å². The number of alkyl halides is 2. The second-order valence-corrected chi connectivity index (χ2v) is 9.46. The van der Waals surface area contributed by atoms with Crippen molar-refractivity contribution in [3.05, 3.63) is 34.4 Å². The number of aromatic nitrogens is 1. The zero-order chi connectivity index (χ0) is 21.8. The van der Waals surface area contributed by atoms with Gasteiger partial charge in [0.25, 0.3) is 8.38 Å². The minimum atomic E-state index is -3.34. The van der Waals surface area contributed by atoms with E-state index >= 15 is 8.78 Å². The molecule has 2 aromatic rings. The van der Waals surface area contributed by atoms with Gasteiger partial charge in [-0.25, -0.2) is 9.78 Å². The van der Waals surface area contributed by atoms with E-state index in [-0.39, 0.29) is 29.1 Å². The fourth-order valence-electron chi connectivity index (χ4n) is 2.41. The van der Waals surface area contributed by atoms with E-state index in [0.29, 0.717) is 10.8 Å². The number of carbonyl (C=O) groups excluding carboxylic acids is 1. The maximum atomic E-state index is 15.1. The third-order valence-corrected chi connectivity index (χ3v) is 5.82. The molecule has 0 saturated carbocycles. The zero-order valence-corrected chi connectivity index (χ0v) is 19.4. The average molecular weight is 493 g/mol. The van der Waals surface area contributed by atoms with Gasteiger partial charge >= 0.3 is 11.8 Å². The van der Waals surface area contributed by atoms with Gasteiger partial charge in [0, 0.05) is 21.6 Å². The number of ether oxygens (including phenoxy) is 1. The van der Waals surface area contributed by atoms with Crippen LogP contribution in [0.25, 0.3) is 10.8 Å². The predicted molar refractivity (Wildman–Crippen MR) is 113 cm³/mol. The highest BCUT2D eigenvalue weighted by Gasteiger charge is 2.46. The molecule has 1 amide bonds. The van der Waals surface area contributed by atoms with Crippen molar-refractivity contribution in [1.29, 1.82) is 0 Å². The quantitative estimate of drug-likeness (QED) is 0.431. The van der Waals surface area contributed by atoms with Gasteiger partial charge in [-0.15, -0.1) is 0 Å². The minimum absolute atomic E-state index is 0.111. The molecule has 1 N–H and O–H groups in total. The van der Waals surface area contributed by atoms with Crippen LogP contribution in [-0.2, 0) is 19.4 Å². The van der Waals surface area contributed by atoms with Crippen LogP contribution in [0.4, 0.5) is 19.4 Å². The van der Waals surface area contributed by atoms with E-state index in [1.807, 2.05) is 0 Å². The van der Waals surface area contributed by atoms with Crippen LogP contribution in [0.1, 0.15) is 40.2 Å². The monoisotopic (exact) mass is 492 g/mol. The van der Waals surface area contributed by atoms with E-state index in [4.69, 9.17) is 13.8 Å². The first kappa shape index (κ1) is 23.9. The van der Waals surface area contributed by atoms with Crippen molar-refractivity contribution >= 4 is 47.0 Å². The lowest BCUT2D eigenvalue weighted by atomic mass is 10.1. The molecule has 10 heteroatoms. The van der Waals surface area contributed by atoms with Crippen LogP contribution in [0.3, 0.4) is 0 Å². The molecule has 0 bridgehead atoms. The fourth-order valence-corrected chi connectivity index (χ4v) is 4.42. The molecule has 0 aliphatic heterocycles. The van der Waals surface area contributed by atoms with E-state index in [2.05, 4.69) is 26.2 Å². The van der Waals surface area contributed by atoms with Crippen LogP contribution in [0.5, 0.6) is 0 Å². The number of hydrogen-bond donors (Lipinski definition) is 1. The maximum absolute atomic E-state index is 15.1. The van der Waals surface area contributed by atoms with Gasteiger partial charge in [0.05, 0.1) is 13.2 Å². The molecule has 1 aromatic heterocycles. The number of amides is 1. The number of nitrogens with zero attached hydrogens (tertiary/aromatic N) is 1. The molecule has 0 aliphatic rings. The largest absolute Gasteiger partial charge is 0.444 e. The standard InChI is InChI=1S/C19H24BrF2N2O4P/c1-6-26-29(27-7-2)19(21,22)14-8-12-10-16(23-11-13(12)9-15(14)20)24-17(25)28-18(3,4)5/h8-11H,6-7H2,1-5H3,(H,23,24,25). The number of nitrogens with one attached hydrogen (secondary N) is 1. The summed E-state index contributed by atoms with van der Waals surface area (Å²) in [4.78, 5) is 16.1. The van der Waals surface area contributed by atoms with Crippen LogP contribution in [-0.4, -0.2) is 29.9 Å². The summed E-state index contributed by atoms with van der Waals surface area (Å²) in [6, 6.07) is 4.40. The Morgan fingerprint density at radius 2 is 1.76 bits per heavy atom. The third kappa shape index (κ3) is 6.28. The molecule has 0 aliphatic carbocycles. The number of halogens is 3. The summed E-state index contributed by atoms with van der Waals surface area (Å²) in [5.41, 5.74) is -4.26. The second kappa shape index (κ2) is 9.60. The fraction of sp³-hybridized carbons (Fsp3) is 0.474. The number of carbonyl (C=O) groups is 1. The highest BCUT2D eigenvalue weighted by Crippen LogP contribution is 2.61. The lowest BCUT2D eigenvalue weighted by Gasteiger charge is -2.26. The van der Waals surface area contributed by atoms with Crippen molar-refractivity contribution in [2.45, 2.75) is 45.9 Å². The van der Waals surface area contributed by atoms with Gasteiger partial charge in [-0.2, -0.15) is 8.78 Å². The summed E-state index contributed by atoms with van der Waals surface area (Å²) in [6.07, 6.45) is 0.811. The molecule has 160 valence electrons. The smallest absolute Gasteiger partial charge is 0.413 e. The minimum Gasteiger partial charge on any atom is -0.444 e. The number of rotatable bonds is 7. The summed E-state index contributed by atoms with van der Waals surface area (Å²) in [7, 11) is -2.46. The van der Waals surface area contributed by atoms with Crippen molar-refractivity contribution in [2.75, 3.05) is 18.5 Å². The lowest BCUT2D eigenvalue weighted by molar-refractivity contribution is 0.0564. The first-order chi connectivity index (χ1) is 13.5. The topological polar surface area (TPSA) is 69.7 Å². The van der Waals surface area contributed by atoms with Crippen LogP contribution >= 0.6 is 24.3 Å². The highest BCUT2D eigenvalue weighted by atomic mass is 79.9. The second-order valence-electron chi connectivity index (χ2n) is 7.01. The van der Waals surface area contributed by atoms with Crippen LogP contribution in [0, 0.1) is 0 Å². The van der Waals surface area contributed by atoms with E-state index in [0.717, 1.165) is 0 Å². The number of hydrogen-bond acceptors (Lipinski definition) is 5. The summed E-state index contributed by atoms with van der Waals surface area (Å²) in [5, 5.41) is 3.62. The molecule has 1 aromatic carbocycles. The van der Waals surface area contributed by atoms with Gasteiger partial charge in [-0.05, 0) is 58.2 Å². The summed E-state index contributed by atoms with van der Waals surface area (Å²) in [6.45, 7) is 8.71. The van der Waals surface area contributed by atoms with Crippen molar-refractivity contribution in [3.8, 4) is 0 Å². The number of anilines is 1. The van der Waals surface area contributed by atoms with Crippen molar-refractivity contribution in [1.82, 2.24) is 4.98 Å². The summed E-state index contributed by atoms with van der Waals surface area (Å²) in [5.74, 6) is 0.195. The Kier molecular flexibility index (Phi) is 7.90.